The van der Waals surface area contributed by atoms with E-state index >= 15 is 0 Å². The second kappa shape index (κ2) is 3.96. The van der Waals surface area contributed by atoms with Gasteiger partial charge in [-0.1, -0.05) is 12.1 Å². The van der Waals surface area contributed by atoms with Crippen molar-refractivity contribution in [3.63, 3.8) is 0 Å². The fourth-order valence-corrected chi connectivity index (χ4v) is 1.87. The lowest BCUT2D eigenvalue weighted by molar-refractivity contribution is -0.692. The molecule has 0 amide bonds. The zero-order valence-corrected chi connectivity index (χ0v) is 9.61. The molecule has 2 rings (SSSR count). The van der Waals surface area contributed by atoms with Crippen LogP contribution in [0.5, 0.6) is 0 Å². The van der Waals surface area contributed by atoms with E-state index in [1.54, 1.807) is 0 Å². The molecule has 1 aromatic heterocycles. The monoisotopic (exact) mass is 251 g/mol. The molecule has 0 aliphatic heterocycles. The van der Waals surface area contributed by atoms with E-state index in [1.165, 1.54) is 5.69 Å². The third-order valence-electron chi connectivity index (χ3n) is 2.19. The number of benzene rings is 1. The van der Waals surface area contributed by atoms with Gasteiger partial charge in [-0.3, -0.25) is 0 Å². The minimum atomic E-state index is 0.997. The second-order valence-electron chi connectivity index (χ2n) is 3.10. The first-order valence-corrected chi connectivity index (χ1v) is 5.42. The molecular formula is C11H12BrN2+. The highest BCUT2D eigenvalue weighted by Crippen LogP contribution is 2.19. The Morgan fingerprint density at radius 2 is 2.14 bits per heavy atom. The van der Waals surface area contributed by atoms with Gasteiger partial charge in [-0.25, -0.2) is 9.13 Å². The number of aromatic nitrogens is 2. The van der Waals surface area contributed by atoms with Crippen molar-refractivity contribution in [2.24, 2.45) is 0 Å². The minimum Gasteiger partial charge on any atom is -0.237 e. The Hall–Kier alpha value is -1.09. The third-order valence-corrected chi connectivity index (χ3v) is 2.86. The van der Waals surface area contributed by atoms with Crippen molar-refractivity contribution in [2.75, 3.05) is 0 Å². The van der Waals surface area contributed by atoms with E-state index in [-0.39, 0.29) is 0 Å². The molecule has 0 unspecified atom stereocenters. The molecular weight excluding hydrogens is 240 g/mol. The van der Waals surface area contributed by atoms with E-state index in [9.17, 15) is 0 Å². The van der Waals surface area contributed by atoms with E-state index in [4.69, 9.17) is 0 Å². The maximum atomic E-state index is 3.53. The Morgan fingerprint density at radius 3 is 2.79 bits per heavy atom. The summed E-state index contributed by atoms with van der Waals surface area (Å²) in [5, 5.41) is 0. The van der Waals surface area contributed by atoms with Crippen LogP contribution in [-0.4, -0.2) is 4.57 Å². The standard InChI is InChI=1S/C11H12BrN2/c1-2-13-7-8-14(9-13)11-6-4-3-5-10(11)12/h3-9H,2H2,1H3/q+1. The highest BCUT2D eigenvalue weighted by Gasteiger charge is 2.07. The zero-order chi connectivity index (χ0) is 9.97. The lowest BCUT2D eigenvalue weighted by Gasteiger charge is -1.97. The fraction of sp³-hybridized carbons (Fsp3) is 0.182. The number of hydrogen-bond acceptors (Lipinski definition) is 0. The van der Waals surface area contributed by atoms with E-state index in [1.807, 2.05) is 18.2 Å². The van der Waals surface area contributed by atoms with Crippen LogP contribution in [0.15, 0.2) is 47.5 Å². The largest absolute Gasteiger partial charge is 0.248 e. The normalized spacial score (nSPS) is 10.4. The molecule has 0 saturated carbocycles. The van der Waals surface area contributed by atoms with Gasteiger partial charge >= 0.3 is 0 Å². The smallest absolute Gasteiger partial charge is 0.237 e. The summed E-state index contributed by atoms with van der Waals surface area (Å²) in [7, 11) is 0. The molecule has 0 spiro atoms. The number of aryl methyl sites for hydroxylation is 1. The summed E-state index contributed by atoms with van der Waals surface area (Å²) in [4.78, 5) is 0. The molecule has 0 bridgehead atoms. The Morgan fingerprint density at radius 1 is 1.36 bits per heavy atom. The number of nitrogens with zero attached hydrogens (tertiary/aromatic N) is 2. The van der Waals surface area contributed by atoms with Gasteiger partial charge in [0.25, 0.3) is 0 Å². The van der Waals surface area contributed by atoms with E-state index in [2.05, 4.69) is 56.8 Å². The van der Waals surface area contributed by atoms with Crippen LogP contribution in [0.25, 0.3) is 5.69 Å². The first-order valence-electron chi connectivity index (χ1n) is 4.63. The Balaban J connectivity index is 2.44. The summed E-state index contributed by atoms with van der Waals surface area (Å²) in [5.41, 5.74) is 1.17. The Bertz CT molecular complexity index is 434. The van der Waals surface area contributed by atoms with E-state index < -0.39 is 0 Å². The molecule has 0 saturated heterocycles. The summed E-state index contributed by atoms with van der Waals surface area (Å²) >= 11 is 3.53. The number of imidazole rings is 1. The Kier molecular flexibility index (Phi) is 2.68. The predicted molar refractivity (Wildman–Crippen MR) is 59.3 cm³/mol. The van der Waals surface area contributed by atoms with Gasteiger partial charge in [-0.2, -0.15) is 0 Å². The third kappa shape index (κ3) is 1.73. The minimum absolute atomic E-state index is 0.997. The van der Waals surface area contributed by atoms with Gasteiger partial charge in [0.15, 0.2) is 0 Å². The highest BCUT2D eigenvalue weighted by molar-refractivity contribution is 9.10. The molecule has 0 aliphatic carbocycles. The van der Waals surface area contributed by atoms with Gasteiger partial charge in [0.1, 0.15) is 18.1 Å². The van der Waals surface area contributed by atoms with Gasteiger partial charge in [0.2, 0.25) is 6.33 Å². The molecule has 0 atom stereocenters. The summed E-state index contributed by atoms with van der Waals surface area (Å²) in [6.07, 6.45) is 6.21. The Labute approximate surface area is 91.9 Å². The number of rotatable bonds is 2. The maximum absolute atomic E-state index is 3.53. The average molecular weight is 252 g/mol. The van der Waals surface area contributed by atoms with E-state index in [0.29, 0.717) is 0 Å². The number of para-hydroxylation sites is 1. The van der Waals surface area contributed by atoms with Crippen LogP contribution in [0.1, 0.15) is 6.92 Å². The van der Waals surface area contributed by atoms with Crippen LogP contribution in [-0.2, 0) is 6.54 Å². The molecule has 3 heteroatoms. The van der Waals surface area contributed by atoms with Crippen molar-refractivity contribution in [3.8, 4) is 5.69 Å². The molecule has 72 valence electrons. The lowest BCUT2D eigenvalue weighted by Crippen LogP contribution is -2.28. The molecule has 0 aliphatic rings. The molecule has 2 nitrogen and oxygen atoms in total. The number of halogens is 1. The first-order chi connectivity index (χ1) is 6.81. The lowest BCUT2D eigenvalue weighted by atomic mass is 10.3. The summed E-state index contributed by atoms with van der Waals surface area (Å²) in [6.45, 7) is 3.13. The quantitative estimate of drug-likeness (QED) is 0.726. The SMILES string of the molecule is CC[n+]1ccn(-c2ccccc2Br)c1. The van der Waals surface area contributed by atoms with Crippen molar-refractivity contribution in [2.45, 2.75) is 13.5 Å². The van der Waals surface area contributed by atoms with Crippen LogP contribution >= 0.6 is 15.9 Å². The predicted octanol–water partition coefficient (Wildman–Crippen LogP) is 2.55. The van der Waals surface area contributed by atoms with Crippen LogP contribution in [0, 0.1) is 0 Å². The average Bonchev–Trinajstić information content (AvgIpc) is 2.67. The molecule has 14 heavy (non-hydrogen) atoms. The highest BCUT2D eigenvalue weighted by atomic mass is 79.9. The van der Waals surface area contributed by atoms with Crippen molar-refractivity contribution in [1.29, 1.82) is 0 Å². The van der Waals surface area contributed by atoms with Gasteiger partial charge < -0.3 is 0 Å². The van der Waals surface area contributed by atoms with Gasteiger partial charge in [-0.05, 0) is 35.0 Å². The second-order valence-corrected chi connectivity index (χ2v) is 3.96. The van der Waals surface area contributed by atoms with Gasteiger partial charge in [0, 0.05) is 0 Å². The van der Waals surface area contributed by atoms with Crippen LogP contribution < -0.4 is 4.57 Å². The number of hydrogen-bond donors (Lipinski definition) is 0. The molecule has 2 aromatic rings. The molecule has 1 heterocycles. The van der Waals surface area contributed by atoms with Crippen LogP contribution in [0.4, 0.5) is 0 Å². The fourth-order valence-electron chi connectivity index (χ4n) is 1.38. The van der Waals surface area contributed by atoms with Crippen molar-refractivity contribution >= 4 is 15.9 Å². The topological polar surface area (TPSA) is 8.81 Å². The first kappa shape index (κ1) is 9.46. The van der Waals surface area contributed by atoms with Gasteiger partial charge in [0.05, 0.1) is 11.0 Å². The van der Waals surface area contributed by atoms with Crippen molar-refractivity contribution in [3.05, 3.63) is 47.5 Å². The summed E-state index contributed by atoms with van der Waals surface area (Å²) < 4.78 is 5.35. The molecule has 1 aromatic carbocycles. The van der Waals surface area contributed by atoms with Gasteiger partial charge in [-0.15, -0.1) is 0 Å². The maximum Gasteiger partial charge on any atom is 0.248 e. The summed E-state index contributed by atoms with van der Waals surface area (Å²) in [6, 6.07) is 8.19. The molecule has 0 radical (unpaired) electrons. The van der Waals surface area contributed by atoms with Crippen molar-refractivity contribution in [1.82, 2.24) is 4.57 Å². The molecule has 0 fully saturated rings. The molecule has 0 N–H and O–H groups in total. The van der Waals surface area contributed by atoms with Crippen LogP contribution in [0.2, 0.25) is 0 Å². The zero-order valence-electron chi connectivity index (χ0n) is 8.02. The van der Waals surface area contributed by atoms with E-state index in [0.717, 1.165) is 11.0 Å². The van der Waals surface area contributed by atoms with Crippen molar-refractivity contribution < 1.29 is 4.57 Å². The summed E-state index contributed by atoms with van der Waals surface area (Å²) in [5.74, 6) is 0. The van der Waals surface area contributed by atoms with Crippen LogP contribution in [0.3, 0.4) is 0 Å².